The van der Waals surface area contributed by atoms with Gasteiger partial charge in [0, 0.05) is 0 Å². The van der Waals surface area contributed by atoms with E-state index in [1.54, 1.807) is 30.3 Å². The van der Waals surface area contributed by atoms with Crippen LogP contribution in [-0.4, -0.2) is 5.91 Å². The van der Waals surface area contributed by atoms with Crippen LogP contribution in [0.1, 0.15) is 9.67 Å². The summed E-state index contributed by atoms with van der Waals surface area (Å²) in [5, 5.41) is 3.37. The normalized spacial score (nSPS) is 10.3. The van der Waals surface area contributed by atoms with E-state index in [2.05, 4.69) is 21.2 Å². The van der Waals surface area contributed by atoms with Gasteiger partial charge in [-0.3, -0.25) is 4.79 Å². The Bertz CT molecular complexity index is 850. The highest BCUT2D eigenvalue weighted by molar-refractivity contribution is 9.11. The minimum atomic E-state index is -0.184. The smallest absolute Gasteiger partial charge is 0.265 e. The fraction of sp³-hybridized carbons (Fsp3) is 0. The Morgan fingerprint density at radius 1 is 1.00 bits per heavy atom. The Morgan fingerprint density at radius 2 is 1.70 bits per heavy atom. The topological polar surface area (TPSA) is 38.3 Å². The fourth-order valence-corrected chi connectivity index (χ4v) is 3.38. The molecule has 0 aliphatic heterocycles. The lowest BCUT2D eigenvalue weighted by Gasteiger charge is -2.12. The SMILES string of the molecule is O=C(Nc1ccccc1Oc1ccccc1Cl)c1ccc(Br)s1. The van der Waals surface area contributed by atoms with Gasteiger partial charge in [-0.25, -0.2) is 0 Å². The summed E-state index contributed by atoms with van der Waals surface area (Å²) in [5.74, 6) is 0.884. The standard InChI is InChI=1S/C17H11BrClNO2S/c18-16-10-9-15(23-16)17(21)20-12-6-2-4-8-14(12)22-13-7-3-1-5-11(13)19/h1-10H,(H,20,21). The first-order valence-electron chi connectivity index (χ1n) is 6.71. The maximum Gasteiger partial charge on any atom is 0.265 e. The maximum absolute atomic E-state index is 12.3. The third-order valence-corrected chi connectivity index (χ3v) is 4.92. The van der Waals surface area contributed by atoms with E-state index in [9.17, 15) is 4.79 Å². The molecule has 0 radical (unpaired) electrons. The third-order valence-electron chi connectivity index (χ3n) is 2.99. The zero-order chi connectivity index (χ0) is 16.2. The number of thiophene rings is 1. The third kappa shape index (κ3) is 3.93. The summed E-state index contributed by atoms with van der Waals surface area (Å²) >= 11 is 10.8. The quantitative estimate of drug-likeness (QED) is 0.557. The van der Waals surface area contributed by atoms with Gasteiger partial charge in [0.1, 0.15) is 5.75 Å². The van der Waals surface area contributed by atoms with Crippen molar-refractivity contribution >= 4 is 50.5 Å². The summed E-state index contributed by atoms with van der Waals surface area (Å²) in [6.07, 6.45) is 0. The van der Waals surface area contributed by atoms with Crippen LogP contribution in [0.4, 0.5) is 5.69 Å². The number of amides is 1. The Kier molecular flexibility index (Phi) is 5.00. The second-order valence-corrected chi connectivity index (χ2v) is 7.46. The van der Waals surface area contributed by atoms with Gasteiger partial charge < -0.3 is 10.1 Å². The number of para-hydroxylation sites is 3. The number of hydrogen-bond donors (Lipinski definition) is 1. The zero-order valence-electron chi connectivity index (χ0n) is 11.8. The second-order valence-electron chi connectivity index (χ2n) is 4.59. The molecule has 3 nitrogen and oxygen atoms in total. The number of halogens is 2. The van der Waals surface area contributed by atoms with Crippen molar-refractivity contribution in [2.75, 3.05) is 5.32 Å². The van der Waals surface area contributed by atoms with Crippen LogP contribution in [0.25, 0.3) is 0 Å². The summed E-state index contributed by atoms with van der Waals surface area (Å²) < 4.78 is 6.74. The monoisotopic (exact) mass is 407 g/mol. The number of ether oxygens (including phenoxy) is 1. The maximum atomic E-state index is 12.3. The molecule has 23 heavy (non-hydrogen) atoms. The summed E-state index contributed by atoms with van der Waals surface area (Å²) in [6, 6.07) is 18.0. The summed E-state index contributed by atoms with van der Waals surface area (Å²) in [5.41, 5.74) is 0.585. The first-order valence-corrected chi connectivity index (χ1v) is 8.70. The van der Waals surface area contributed by atoms with Crippen molar-refractivity contribution < 1.29 is 9.53 Å². The fourth-order valence-electron chi connectivity index (χ4n) is 1.93. The minimum absolute atomic E-state index is 0.184. The highest BCUT2D eigenvalue weighted by Crippen LogP contribution is 2.34. The lowest BCUT2D eigenvalue weighted by atomic mass is 10.2. The van der Waals surface area contributed by atoms with Crippen molar-refractivity contribution in [3.8, 4) is 11.5 Å². The molecule has 0 unspecified atom stereocenters. The van der Waals surface area contributed by atoms with E-state index in [1.807, 2.05) is 30.3 Å². The molecule has 0 aliphatic carbocycles. The van der Waals surface area contributed by atoms with Crippen LogP contribution in [0.5, 0.6) is 11.5 Å². The molecule has 116 valence electrons. The number of hydrogen-bond acceptors (Lipinski definition) is 3. The molecule has 0 saturated heterocycles. The van der Waals surface area contributed by atoms with E-state index in [4.69, 9.17) is 16.3 Å². The molecular formula is C17H11BrClNO2S. The van der Waals surface area contributed by atoms with Gasteiger partial charge in [0.25, 0.3) is 5.91 Å². The van der Waals surface area contributed by atoms with Gasteiger partial charge in [-0.2, -0.15) is 0 Å². The number of carbonyl (C=O) groups excluding carboxylic acids is 1. The number of nitrogens with one attached hydrogen (secondary N) is 1. The van der Waals surface area contributed by atoms with E-state index >= 15 is 0 Å². The van der Waals surface area contributed by atoms with Crippen molar-refractivity contribution in [2.45, 2.75) is 0 Å². The van der Waals surface area contributed by atoms with Crippen LogP contribution in [0, 0.1) is 0 Å². The Hall–Kier alpha value is -1.82. The van der Waals surface area contributed by atoms with Crippen LogP contribution in [0.15, 0.2) is 64.5 Å². The van der Waals surface area contributed by atoms with Gasteiger partial charge in [0.15, 0.2) is 5.75 Å². The Morgan fingerprint density at radius 3 is 2.39 bits per heavy atom. The van der Waals surface area contributed by atoms with Crippen LogP contribution in [0.3, 0.4) is 0 Å². The molecule has 1 aromatic heterocycles. The average molecular weight is 409 g/mol. The van der Waals surface area contributed by atoms with E-state index in [-0.39, 0.29) is 5.91 Å². The molecule has 1 amide bonds. The lowest BCUT2D eigenvalue weighted by Crippen LogP contribution is -2.10. The molecule has 1 N–H and O–H groups in total. The van der Waals surface area contributed by atoms with Crippen LogP contribution in [0.2, 0.25) is 5.02 Å². The van der Waals surface area contributed by atoms with Crippen molar-refractivity contribution in [2.24, 2.45) is 0 Å². The van der Waals surface area contributed by atoms with Gasteiger partial charge in [0.05, 0.1) is 19.4 Å². The van der Waals surface area contributed by atoms with Gasteiger partial charge in [-0.15, -0.1) is 11.3 Å². The molecule has 1 heterocycles. The summed E-state index contributed by atoms with van der Waals surface area (Å²) in [6.45, 7) is 0. The van der Waals surface area contributed by atoms with E-state index in [0.29, 0.717) is 27.1 Å². The molecule has 3 aromatic rings. The zero-order valence-corrected chi connectivity index (χ0v) is 14.9. The molecule has 6 heteroatoms. The van der Waals surface area contributed by atoms with E-state index in [1.165, 1.54) is 11.3 Å². The Labute approximate surface area is 151 Å². The lowest BCUT2D eigenvalue weighted by molar-refractivity contribution is 0.103. The first-order chi connectivity index (χ1) is 11.1. The molecule has 0 bridgehead atoms. The highest BCUT2D eigenvalue weighted by atomic mass is 79.9. The van der Waals surface area contributed by atoms with Crippen molar-refractivity contribution in [1.82, 2.24) is 0 Å². The van der Waals surface area contributed by atoms with Crippen LogP contribution >= 0.6 is 38.9 Å². The largest absolute Gasteiger partial charge is 0.454 e. The first kappa shape index (κ1) is 16.1. The molecule has 0 fully saturated rings. The van der Waals surface area contributed by atoms with E-state index < -0.39 is 0 Å². The van der Waals surface area contributed by atoms with Gasteiger partial charge in [0.2, 0.25) is 0 Å². The molecular weight excluding hydrogens is 398 g/mol. The van der Waals surface area contributed by atoms with Crippen molar-refractivity contribution in [1.29, 1.82) is 0 Å². The number of anilines is 1. The molecule has 0 saturated carbocycles. The summed E-state index contributed by atoms with van der Waals surface area (Å²) in [4.78, 5) is 12.9. The molecule has 0 atom stereocenters. The number of benzene rings is 2. The second kappa shape index (κ2) is 7.17. The minimum Gasteiger partial charge on any atom is -0.454 e. The predicted molar refractivity (Wildman–Crippen MR) is 97.9 cm³/mol. The molecule has 2 aromatic carbocycles. The number of carbonyl (C=O) groups is 1. The molecule has 0 spiro atoms. The number of rotatable bonds is 4. The van der Waals surface area contributed by atoms with Crippen LogP contribution in [-0.2, 0) is 0 Å². The Balaban J connectivity index is 1.83. The summed E-state index contributed by atoms with van der Waals surface area (Å²) in [7, 11) is 0. The van der Waals surface area contributed by atoms with E-state index in [0.717, 1.165) is 3.79 Å². The predicted octanol–water partition coefficient (Wildman–Crippen LogP) is 6.21. The van der Waals surface area contributed by atoms with Crippen LogP contribution < -0.4 is 10.1 Å². The highest BCUT2D eigenvalue weighted by Gasteiger charge is 2.13. The van der Waals surface area contributed by atoms with Crippen molar-refractivity contribution in [3.05, 3.63) is 74.3 Å². The van der Waals surface area contributed by atoms with Gasteiger partial charge >= 0.3 is 0 Å². The van der Waals surface area contributed by atoms with Crippen molar-refractivity contribution in [3.63, 3.8) is 0 Å². The van der Waals surface area contributed by atoms with Gasteiger partial charge in [-0.1, -0.05) is 35.9 Å². The average Bonchev–Trinajstić information content (AvgIpc) is 2.98. The molecule has 0 aliphatic rings. The molecule has 3 rings (SSSR count). The van der Waals surface area contributed by atoms with Gasteiger partial charge in [-0.05, 0) is 52.3 Å².